The van der Waals surface area contributed by atoms with Crippen molar-refractivity contribution in [1.82, 2.24) is 24.6 Å². The van der Waals surface area contributed by atoms with Crippen molar-refractivity contribution in [2.75, 3.05) is 63.6 Å². The summed E-state index contributed by atoms with van der Waals surface area (Å²) in [6, 6.07) is 21.4. The van der Waals surface area contributed by atoms with Gasteiger partial charge in [-0.3, -0.25) is 14.5 Å². The lowest BCUT2D eigenvalue weighted by Crippen LogP contribution is -2.47. The molecule has 1 atom stereocenters. The summed E-state index contributed by atoms with van der Waals surface area (Å²) in [6.07, 6.45) is 4.37. The molecule has 1 aliphatic carbocycles. The van der Waals surface area contributed by atoms with Crippen LogP contribution in [0.5, 0.6) is 0 Å². The molecule has 0 bridgehead atoms. The predicted octanol–water partition coefficient (Wildman–Crippen LogP) is 3.77. The minimum absolute atomic E-state index is 0.0614. The van der Waals surface area contributed by atoms with Gasteiger partial charge >= 0.3 is 0 Å². The number of rotatable bonds is 13. The maximum atomic E-state index is 13.7. The van der Waals surface area contributed by atoms with Crippen LogP contribution in [-0.4, -0.2) is 94.9 Å². The number of nitrogens with one attached hydrogen (secondary N) is 1. The van der Waals surface area contributed by atoms with Gasteiger partial charge in [-0.15, -0.1) is 16.4 Å². The molecule has 1 N–H and O–H groups in total. The first kappa shape index (κ1) is 31.7. The number of anilines is 2. The minimum atomic E-state index is -0.401. The van der Waals surface area contributed by atoms with Crippen LogP contribution in [0.1, 0.15) is 51.4 Å². The van der Waals surface area contributed by atoms with E-state index in [9.17, 15) is 14.8 Å². The van der Waals surface area contributed by atoms with Crippen LogP contribution in [-0.2, 0) is 6.54 Å². The lowest BCUT2D eigenvalue weighted by atomic mass is 9.89. The normalized spacial score (nSPS) is 15.6. The molecule has 11 nitrogen and oxygen atoms in total. The molecular formula is C34H40N8O3S. The van der Waals surface area contributed by atoms with Gasteiger partial charge in [-0.25, -0.2) is 4.98 Å². The Kier molecular flexibility index (Phi) is 9.96. The number of piperazine rings is 1. The van der Waals surface area contributed by atoms with Crippen molar-refractivity contribution < 1.29 is 14.5 Å². The number of ketones is 2. The first-order valence-corrected chi connectivity index (χ1v) is 16.7. The number of benzene rings is 2. The van der Waals surface area contributed by atoms with E-state index in [1.54, 1.807) is 23.9 Å². The van der Waals surface area contributed by atoms with Gasteiger partial charge in [0.1, 0.15) is 5.82 Å². The highest BCUT2D eigenvalue weighted by molar-refractivity contribution is 8.00. The van der Waals surface area contributed by atoms with Crippen LogP contribution in [0.25, 0.3) is 0 Å². The second-order valence-electron chi connectivity index (χ2n) is 12.0. The molecule has 0 radical (unpaired) electrons. The topological polar surface area (TPSA) is 114 Å². The summed E-state index contributed by atoms with van der Waals surface area (Å²) >= 11 is 1.73. The number of aromatic nitrogens is 4. The summed E-state index contributed by atoms with van der Waals surface area (Å²) in [4.78, 5) is 40.1. The highest BCUT2D eigenvalue weighted by atomic mass is 32.2. The molecule has 0 spiro atoms. The van der Waals surface area contributed by atoms with E-state index >= 15 is 0 Å². The molecule has 1 fully saturated rings. The number of nitrogens with zero attached hydrogens (tertiary/aromatic N) is 7. The maximum absolute atomic E-state index is 13.7. The molecule has 240 valence electrons. The Balaban J connectivity index is 1.11. The summed E-state index contributed by atoms with van der Waals surface area (Å²) in [5.74, 6) is 0.238. The molecule has 2 aliphatic rings. The van der Waals surface area contributed by atoms with Gasteiger partial charge in [-0.05, 0) is 82.4 Å². The fourth-order valence-corrected chi connectivity index (χ4v) is 7.16. The van der Waals surface area contributed by atoms with Crippen LogP contribution in [0.4, 0.5) is 11.5 Å². The number of hydrogen-bond acceptors (Lipinski definition) is 10. The molecule has 0 saturated carbocycles. The first-order chi connectivity index (χ1) is 22.4. The van der Waals surface area contributed by atoms with Crippen LogP contribution >= 0.6 is 11.8 Å². The molecule has 1 saturated heterocycles. The Labute approximate surface area is 273 Å². The fraction of sp³-hybridized carbons (Fsp3) is 0.382. The summed E-state index contributed by atoms with van der Waals surface area (Å²) in [6.45, 7) is 5.56. The van der Waals surface area contributed by atoms with Crippen LogP contribution in [0.15, 0.2) is 77.8 Å². The van der Waals surface area contributed by atoms with E-state index in [1.165, 1.54) is 4.68 Å². The Morgan fingerprint density at radius 2 is 1.72 bits per heavy atom. The summed E-state index contributed by atoms with van der Waals surface area (Å²) in [5.41, 5.74) is 1.33. The molecule has 2 aromatic carbocycles. The molecule has 0 amide bonds. The maximum Gasteiger partial charge on any atom is 0.221 e. The third-order valence-corrected chi connectivity index (χ3v) is 9.61. The van der Waals surface area contributed by atoms with Gasteiger partial charge < -0.3 is 20.3 Å². The largest absolute Gasteiger partial charge is 0.571 e. The number of carbonyl (C=O) groups is 2. The number of pyridine rings is 1. The number of carbonyl (C=O) groups excluding carboxylic acids is 2. The third kappa shape index (κ3) is 7.24. The monoisotopic (exact) mass is 640 g/mol. The molecule has 46 heavy (non-hydrogen) atoms. The van der Waals surface area contributed by atoms with Gasteiger partial charge in [0, 0.05) is 70.7 Å². The van der Waals surface area contributed by atoms with Crippen molar-refractivity contribution in [3.63, 3.8) is 0 Å². The van der Waals surface area contributed by atoms with Crippen LogP contribution in [0.2, 0.25) is 0 Å². The molecule has 4 aromatic rings. The van der Waals surface area contributed by atoms with Crippen LogP contribution < -0.4 is 15.2 Å². The van der Waals surface area contributed by atoms with Crippen molar-refractivity contribution in [1.29, 1.82) is 0 Å². The number of hydrogen-bond donors (Lipinski definition) is 1. The van der Waals surface area contributed by atoms with E-state index in [0.29, 0.717) is 23.5 Å². The molecular weight excluding hydrogens is 600 g/mol. The number of fused-ring (bicyclic) bond motifs is 2. The Morgan fingerprint density at radius 3 is 2.46 bits per heavy atom. The van der Waals surface area contributed by atoms with Crippen molar-refractivity contribution in [2.24, 2.45) is 0 Å². The first-order valence-electron chi connectivity index (χ1n) is 15.8. The van der Waals surface area contributed by atoms with Crippen molar-refractivity contribution in [3.8, 4) is 0 Å². The smallest absolute Gasteiger partial charge is 0.221 e. The second kappa shape index (κ2) is 14.4. The molecule has 6 rings (SSSR count). The Hall–Kier alpha value is -4.26. The van der Waals surface area contributed by atoms with Crippen molar-refractivity contribution in [3.05, 3.63) is 101 Å². The predicted molar refractivity (Wildman–Crippen MR) is 179 cm³/mol. The van der Waals surface area contributed by atoms with Crippen molar-refractivity contribution in [2.45, 2.75) is 36.1 Å². The SMILES string of the molecule is CN(C)CCCC(Nc1ccc2c(c1)C(=O)c1n[n+]([O-])n(CCCN3CCN(c4ccccn4)CC3)c1C2=O)Sc1ccccc1. The number of thioether (sulfide) groups is 1. The highest BCUT2D eigenvalue weighted by Gasteiger charge is 2.39. The van der Waals surface area contributed by atoms with E-state index < -0.39 is 5.78 Å². The zero-order chi connectivity index (χ0) is 32.0. The zero-order valence-corrected chi connectivity index (χ0v) is 27.2. The standard InChI is InChI=1S/C34H40N8O3S/c1-38(2)17-8-13-30(46-26-10-4-3-5-11-26)36-25-14-15-27-28(24-25)33(43)31-32(34(27)44)41(42(45)37-31)19-9-18-39-20-22-40(23-21-39)29-12-6-7-16-35-29/h3-7,10-12,14-16,24,30,36H,8-9,13,17-23H2,1-2H3. The minimum Gasteiger partial charge on any atom is -0.571 e. The van der Waals surface area contributed by atoms with Gasteiger partial charge in [0.15, 0.2) is 5.69 Å². The van der Waals surface area contributed by atoms with Gasteiger partial charge in [0.2, 0.25) is 17.3 Å². The molecule has 1 unspecified atom stereocenters. The van der Waals surface area contributed by atoms with Gasteiger partial charge in [0.05, 0.1) is 11.9 Å². The highest BCUT2D eigenvalue weighted by Crippen LogP contribution is 2.31. The lowest BCUT2D eigenvalue weighted by Gasteiger charge is -2.35. The van der Waals surface area contributed by atoms with E-state index in [2.05, 4.69) is 56.3 Å². The van der Waals surface area contributed by atoms with E-state index in [1.807, 2.05) is 48.7 Å². The lowest BCUT2D eigenvalue weighted by molar-refractivity contribution is -0.749. The molecule has 2 aromatic heterocycles. The van der Waals surface area contributed by atoms with E-state index in [4.69, 9.17) is 0 Å². The van der Waals surface area contributed by atoms with Crippen LogP contribution in [0.3, 0.4) is 0 Å². The average molecular weight is 641 g/mol. The molecule has 3 heterocycles. The third-order valence-electron chi connectivity index (χ3n) is 8.42. The van der Waals surface area contributed by atoms with Gasteiger partial charge in [-0.2, -0.15) is 0 Å². The summed E-state index contributed by atoms with van der Waals surface area (Å²) in [7, 11) is 4.12. The molecule has 12 heteroatoms. The van der Waals surface area contributed by atoms with Crippen LogP contribution in [0, 0.1) is 5.21 Å². The van der Waals surface area contributed by atoms with E-state index in [0.717, 1.165) is 68.5 Å². The average Bonchev–Trinajstić information content (AvgIpc) is 3.40. The second-order valence-corrected chi connectivity index (χ2v) is 13.2. The zero-order valence-electron chi connectivity index (χ0n) is 26.3. The Bertz CT molecular complexity index is 1660. The quantitative estimate of drug-likeness (QED) is 0.0883. The van der Waals surface area contributed by atoms with E-state index in [-0.39, 0.29) is 28.1 Å². The van der Waals surface area contributed by atoms with Gasteiger partial charge in [-0.1, -0.05) is 24.3 Å². The van der Waals surface area contributed by atoms with Crippen molar-refractivity contribution >= 4 is 34.8 Å². The summed E-state index contributed by atoms with van der Waals surface area (Å²) < 4.78 is 1.31. The fourth-order valence-electron chi connectivity index (χ4n) is 6.03. The summed E-state index contributed by atoms with van der Waals surface area (Å²) in [5, 5.41) is 20.5. The molecule has 1 aliphatic heterocycles. The van der Waals surface area contributed by atoms with Gasteiger partial charge in [0.25, 0.3) is 0 Å². The Morgan fingerprint density at radius 1 is 0.935 bits per heavy atom.